The van der Waals surface area contributed by atoms with Gasteiger partial charge in [0.05, 0.1) is 11.3 Å². The molecule has 1 unspecified atom stereocenters. The number of hydrogen-bond donors (Lipinski definition) is 2. The number of nitrogens with zero attached hydrogens (tertiary/aromatic N) is 1. The summed E-state index contributed by atoms with van der Waals surface area (Å²) in [7, 11) is 0. The number of H-pyrrole nitrogens is 1. The molecule has 118 valence electrons. The van der Waals surface area contributed by atoms with E-state index >= 15 is 0 Å². The molecule has 1 aliphatic carbocycles. The number of carbonyl (C=O) groups is 2. The SMILES string of the molecule is CC(=O)c1ccccc1C(=O)NC1CCc2n[nH]c(=O)cc2C1. The molecule has 1 aromatic heterocycles. The van der Waals surface area contributed by atoms with E-state index in [1.807, 2.05) is 0 Å². The summed E-state index contributed by atoms with van der Waals surface area (Å²) >= 11 is 0. The number of Topliss-reactive ketones (excluding diaryl/α,β-unsaturated/α-hetero) is 1. The molecule has 1 aromatic carbocycles. The van der Waals surface area contributed by atoms with Crippen molar-refractivity contribution in [3.05, 3.63) is 63.1 Å². The van der Waals surface area contributed by atoms with Crippen LogP contribution in [-0.4, -0.2) is 27.9 Å². The first-order valence-electron chi connectivity index (χ1n) is 7.53. The van der Waals surface area contributed by atoms with E-state index < -0.39 is 0 Å². The van der Waals surface area contributed by atoms with Crippen LogP contribution in [-0.2, 0) is 12.8 Å². The van der Waals surface area contributed by atoms with E-state index in [2.05, 4.69) is 15.5 Å². The highest BCUT2D eigenvalue weighted by Crippen LogP contribution is 2.18. The summed E-state index contributed by atoms with van der Waals surface area (Å²) < 4.78 is 0. The van der Waals surface area contributed by atoms with Crippen molar-refractivity contribution in [1.29, 1.82) is 0 Å². The van der Waals surface area contributed by atoms with Gasteiger partial charge in [0.1, 0.15) is 0 Å². The molecule has 2 aromatic rings. The zero-order valence-corrected chi connectivity index (χ0v) is 12.8. The van der Waals surface area contributed by atoms with Gasteiger partial charge in [-0.05, 0) is 37.8 Å². The Hall–Kier alpha value is -2.76. The zero-order chi connectivity index (χ0) is 16.4. The van der Waals surface area contributed by atoms with Crippen LogP contribution in [0.1, 0.15) is 45.3 Å². The summed E-state index contributed by atoms with van der Waals surface area (Å²) in [4.78, 5) is 35.5. The van der Waals surface area contributed by atoms with Crippen molar-refractivity contribution < 1.29 is 9.59 Å². The van der Waals surface area contributed by atoms with Gasteiger partial charge < -0.3 is 5.32 Å². The van der Waals surface area contributed by atoms with Crippen LogP contribution >= 0.6 is 0 Å². The fraction of sp³-hybridized carbons (Fsp3) is 0.294. The van der Waals surface area contributed by atoms with Crippen molar-refractivity contribution >= 4 is 11.7 Å². The van der Waals surface area contributed by atoms with Gasteiger partial charge in [0.15, 0.2) is 5.78 Å². The van der Waals surface area contributed by atoms with E-state index in [-0.39, 0.29) is 23.3 Å². The van der Waals surface area contributed by atoms with Gasteiger partial charge in [0.2, 0.25) is 0 Å². The topological polar surface area (TPSA) is 91.9 Å². The van der Waals surface area contributed by atoms with Crippen LogP contribution < -0.4 is 10.9 Å². The number of aromatic amines is 1. The zero-order valence-electron chi connectivity index (χ0n) is 12.8. The second kappa shape index (κ2) is 6.16. The number of ketones is 1. The van der Waals surface area contributed by atoms with E-state index in [4.69, 9.17) is 0 Å². The lowest BCUT2D eigenvalue weighted by molar-refractivity contribution is 0.0921. The normalized spacial score (nSPS) is 16.5. The van der Waals surface area contributed by atoms with E-state index in [1.165, 1.54) is 13.0 Å². The number of carbonyl (C=O) groups excluding carboxylic acids is 2. The Morgan fingerprint density at radius 3 is 2.74 bits per heavy atom. The highest BCUT2D eigenvalue weighted by molar-refractivity contribution is 6.07. The maximum atomic E-state index is 12.5. The Morgan fingerprint density at radius 1 is 1.26 bits per heavy atom. The highest BCUT2D eigenvalue weighted by atomic mass is 16.2. The third-order valence-electron chi connectivity index (χ3n) is 4.06. The average Bonchev–Trinajstić information content (AvgIpc) is 2.54. The molecule has 3 rings (SSSR count). The van der Waals surface area contributed by atoms with E-state index in [1.54, 1.807) is 24.3 Å². The van der Waals surface area contributed by atoms with Gasteiger partial charge >= 0.3 is 0 Å². The van der Waals surface area contributed by atoms with Crippen LogP contribution in [0.25, 0.3) is 0 Å². The first kappa shape index (κ1) is 15.1. The second-order valence-electron chi connectivity index (χ2n) is 5.72. The Kier molecular flexibility index (Phi) is 4.06. The molecule has 1 atom stereocenters. The largest absolute Gasteiger partial charge is 0.349 e. The van der Waals surface area contributed by atoms with Crippen molar-refractivity contribution in [2.24, 2.45) is 0 Å². The molecule has 1 heterocycles. The molecule has 6 heteroatoms. The van der Waals surface area contributed by atoms with Gasteiger partial charge in [-0.3, -0.25) is 14.4 Å². The van der Waals surface area contributed by atoms with Crippen LogP contribution in [0, 0.1) is 0 Å². The van der Waals surface area contributed by atoms with Crippen molar-refractivity contribution in [2.75, 3.05) is 0 Å². The summed E-state index contributed by atoms with van der Waals surface area (Å²) in [6.07, 6.45) is 2.02. The molecule has 1 aliphatic rings. The summed E-state index contributed by atoms with van der Waals surface area (Å²) in [6.45, 7) is 1.45. The van der Waals surface area contributed by atoms with E-state index in [0.717, 1.165) is 17.7 Å². The van der Waals surface area contributed by atoms with Crippen molar-refractivity contribution in [3.63, 3.8) is 0 Å². The number of fused-ring (bicyclic) bond motifs is 1. The van der Waals surface area contributed by atoms with Gasteiger partial charge in [-0.2, -0.15) is 5.10 Å². The number of amides is 1. The van der Waals surface area contributed by atoms with Gasteiger partial charge in [-0.25, -0.2) is 5.10 Å². The third kappa shape index (κ3) is 3.21. The molecular weight excluding hydrogens is 294 g/mol. The molecule has 1 amide bonds. The molecule has 0 aliphatic heterocycles. The van der Waals surface area contributed by atoms with Crippen molar-refractivity contribution in [2.45, 2.75) is 32.2 Å². The monoisotopic (exact) mass is 311 g/mol. The molecule has 0 saturated heterocycles. The Balaban J connectivity index is 1.77. The van der Waals surface area contributed by atoms with Gasteiger partial charge in [-0.1, -0.05) is 18.2 Å². The molecule has 23 heavy (non-hydrogen) atoms. The minimum absolute atomic E-state index is 0.0707. The van der Waals surface area contributed by atoms with Crippen LogP contribution in [0.15, 0.2) is 35.1 Å². The number of aromatic nitrogens is 2. The van der Waals surface area contributed by atoms with Crippen molar-refractivity contribution in [3.8, 4) is 0 Å². The van der Waals surface area contributed by atoms with E-state index in [9.17, 15) is 14.4 Å². The summed E-state index contributed by atoms with van der Waals surface area (Å²) in [5.74, 6) is -0.400. The number of nitrogens with one attached hydrogen (secondary N) is 2. The predicted octanol–water partition coefficient (Wildman–Crippen LogP) is 1.26. The fourth-order valence-corrected chi connectivity index (χ4v) is 2.91. The molecule has 0 radical (unpaired) electrons. The maximum absolute atomic E-state index is 12.5. The van der Waals surface area contributed by atoms with Crippen LogP contribution in [0.5, 0.6) is 0 Å². The number of aryl methyl sites for hydroxylation is 1. The molecule has 0 bridgehead atoms. The quantitative estimate of drug-likeness (QED) is 0.835. The predicted molar refractivity (Wildman–Crippen MR) is 84.6 cm³/mol. The smallest absolute Gasteiger partial charge is 0.264 e. The summed E-state index contributed by atoms with van der Waals surface area (Å²) in [5, 5.41) is 9.42. The minimum atomic E-state index is -0.262. The lowest BCUT2D eigenvalue weighted by Gasteiger charge is -2.24. The highest BCUT2D eigenvalue weighted by Gasteiger charge is 2.23. The summed E-state index contributed by atoms with van der Waals surface area (Å²) in [6, 6.07) is 8.23. The number of hydrogen-bond acceptors (Lipinski definition) is 4. The lowest BCUT2D eigenvalue weighted by Crippen LogP contribution is -2.40. The van der Waals surface area contributed by atoms with Crippen molar-refractivity contribution in [1.82, 2.24) is 15.5 Å². The molecule has 0 fully saturated rings. The molecule has 2 N–H and O–H groups in total. The minimum Gasteiger partial charge on any atom is -0.349 e. The molecule has 0 spiro atoms. The Labute approximate surface area is 132 Å². The third-order valence-corrected chi connectivity index (χ3v) is 4.06. The second-order valence-corrected chi connectivity index (χ2v) is 5.72. The number of benzene rings is 1. The fourth-order valence-electron chi connectivity index (χ4n) is 2.91. The average molecular weight is 311 g/mol. The standard InChI is InChI=1S/C17H17N3O3/c1-10(21)13-4-2-3-5-14(13)17(23)18-12-6-7-15-11(8-12)9-16(22)20-19-15/h2-5,9,12H,6-8H2,1H3,(H,18,23)(H,20,22). The Morgan fingerprint density at radius 2 is 2.00 bits per heavy atom. The first-order chi connectivity index (χ1) is 11.0. The molecular formula is C17H17N3O3. The Bertz CT molecular complexity index is 826. The van der Waals surface area contributed by atoms with Crippen LogP contribution in [0.3, 0.4) is 0 Å². The first-order valence-corrected chi connectivity index (χ1v) is 7.53. The molecule has 6 nitrogen and oxygen atoms in total. The van der Waals surface area contributed by atoms with Gasteiger partial charge in [-0.15, -0.1) is 0 Å². The van der Waals surface area contributed by atoms with Crippen LogP contribution in [0.2, 0.25) is 0 Å². The summed E-state index contributed by atoms with van der Waals surface area (Å²) in [5.41, 5.74) is 2.30. The van der Waals surface area contributed by atoms with Gasteiger partial charge in [0.25, 0.3) is 11.5 Å². The molecule has 0 saturated carbocycles. The van der Waals surface area contributed by atoms with E-state index in [0.29, 0.717) is 24.0 Å². The van der Waals surface area contributed by atoms with Gasteiger partial charge in [0, 0.05) is 17.7 Å². The van der Waals surface area contributed by atoms with Crippen LogP contribution in [0.4, 0.5) is 0 Å². The maximum Gasteiger partial charge on any atom is 0.264 e. The number of rotatable bonds is 3. The lowest BCUT2D eigenvalue weighted by atomic mass is 9.92.